The lowest BCUT2D eigenvalue weighted by atomic mass is 9.96. The largest absolute Gasteiger partial charge is 0.491 e. The number of aliphatic hydroxyl groups is 1. The molecule has 1 aliphatic heterocycles. The summed E-state index contributed by atoms with van der Waals surface area (Å²) < 4.78 is 5.78. The summed E-state index contributed by atoms with van der Waals surface area (Å²) >= 11 is 6.13. The van der Waals surface area contributed by atoms with E-state index in [1.54, 1.807) is 0 Å². The number of ether oxygens (including phenoxy) is 1. The second kappa shape index (κ2) is 6.12. The van der Waals surface area contributed by atoms with Crippen LogP contribution in [-0.2, 0) is 0 Å². The molecule has 1 atom stereocenters. The molecule has 2 rings (SSSR count). The summed E-state index contributed by atoms with van der Waals surface area (Å²) in [5.74, 6) is 0.782. The van der Waals surface area contributed by atoms with Gasteiger partial charge in [-0.2, -0.15) is 0 Å². The molecule has 0 unspecified atom stereocenters. The van der Waals surface area contributed by atoms with Crippen LogP contribution in [0.4, 0.5) is 0 Å². The summed E-state index contributed by atoms with van der Waals surface area (Å²) in [5.41, 5.74) is 1.29. The fraction of sp³-hybridized carbons (Fsp3) is 0.600. The summed E-state index contributed by atoms with van der Waals surface area (Å²) in [6, 6.07) is 3.85. The Kier molecular flexibility index (Phi) is 4.71. The van der Waals surface area contributed by atoms with E-state index in [1.165, 1.54) is 0 Å². The van der Waals surface area contributed by atoms with E-state index in [1.807, 2.05) is 26.0 Å². The maximum absolute atomic E-state index is 10.5. The fourth-order valence-electron chi connectivity index (χ4n) is 2.47. The molecule has 0 aliphatic carbocycles. The van der Waals surface area contributed by atoms with Gasteiger partial charge in [0.15, 0.2) is 0 Å². The fourth-order valence-corrected chi connectivity index (χ4v) is 2.57. The zero-order chi connectivity index (χ0) is 13.9. The third kappa shape index (κ3) is 3.85. The molecular weight excluding hydrogens is 262 g/mol. The number of benzene rings is 1. The van der Waals surface area contributed by atoms with Gasteiger partial charge in [-0.15, -0.1) is 0 Å². The second-order valence-electron chi connectivity index (χ2n) is 5.49. The second-order valence-corrected chi connectivity index (χ2v) is 5.87. The topological polar surface area (TPSA) is 41.5 Å². The standard InChI is InChI=1S/C15H22ClNO2/c1-11-8-13(9-12(2)14(11)16)19-10-15(18)4-3-6-17-7-5-15/h8-9,17-18H,3-7,10H2,1-2H3/t15-/m0/s1. The van der Waals surface area contributed by atoms with Crippen molar-refractivity contribution < 1.29 is 9.84 Å². The maximum atomic E-state index is 10.5. The van der Waals surface area contributed by atoms with E-state index < -0.39 is 5.60 Å². The van der Waals surface area contributed by atoms with Crippen molar-refractivity contribution >= 4 is 11.6 Å². The molecule has 1 aromatic rings. The number of halogens is 1. The molecule has 0 bridgehead atoms. The molecule has 3 nitrogen and oxygen atoms in total. The Balaban J connectivity index is 2.01. The molecular formula is C15H22ClNO2. The molecule has 106 valence electrons. The first-order chi connectivity index (χ1) is 9.00. The predicted molar refractivity (Wildman–Crippen MR) is 78.1 cm³/mol. The van der Waals surface area contributed by atoms with Crippen molar-refractivity contribution in [1.82, 2.24) is 5.32 Å². The van der Waals surface area contributed by atoms with Crippen molar-refractivity contribution in [2.75, 3.05) is 19.7 Å². The van der Waals surface area contributed by atoms with E-state index in [-0.39, 0.29) is 0 Å². The van der Waals surface area contributed by atoms with E-state index in [0.717, 1.165) is 54.3 Å². The average Bonchev–Trinajstić information content (AvgIpc) is 2.59. The Morgan fingerprint density at radius 1 is 1.26 bits per heavy atom. The minimum atomic E-state index is -0.717. The van der Waals surface area contributed by atoms with Gasteiger partial charge in [0.1, 0.15) is 12.4 Å². The van der Waals surface area contributed by atoms with Gasteiger partial charge in [-0.1, -0.05) is 11.6 Å². The lowest BCUT2D eigenvalue weighted by molar-refractivity contribution is -0.0147. The first-order valence-corrected chi connectivity index (χ1v) is 7.21. The highest BCUT2D eigenvalue weighted by Gasteiger charge is 2.28. The van der Waals surface area contributed by atoms with Crippen LogP contribution in [0.15, 0.2) is 12.1 Å². The third-order valence-electron chi connectivity index (χ3n) is 3.68. The molecule has 0 spiro atoms. The highest BCUT2D eigenvalue weighted by Crippen LogP contribution is 2.27. The lowest BCUT2D eigenvalue weighted by Gasteiger charge is -2.26. The molecule has 0 saturated carbocycles. The van der Waals surface area contributed by atoms with Crippen LogP contribution in [0, 0.1) is 13.8 Å². The van der Waals surface area contributed by atoms with E-state index >= 15 is 0 Å². The van der Waals surface area contributed by atoms with Gasteiger partial charge in [0.05, 0.1) is 5.60 Å². The Morgan fingerprint density at radius 3 is 2.63 bits per heavy atom. The van der Waals surface area contributed by atoms with Gasteiger partial charge in [0.2, 0.25) is 0 Å². The minimum Gasteiger partial charge on any atom is -0.491 e. The molecule has 2 N–H and O–H groups in total. The van der Waals surface area contributed by atoms with Crippen molar-refractivity contribution in [3.05, 3.63) is 28.3 Å². The molecule has 1 saturated heterocycles. The van der Waals surface area contributed by atoms with Crippen LogP contribution in [0.2, 0.25) is 5.02 Å². The Hall–Kier alpha value is -0.770. The molecule has 0 aromatic heterocycles. The SMILES string of the molecule is Cc1cc(OC[C@]2(O)CCCNCC2)cc(C)c1Cl. The quantitative estimate of drug-likeness (QED) is 0.896. The summed E-state index contributed by atoms with van der Waals surface area (Å²) in [6.45, 7) is 6.09. The van der Waals surface area contributed by atoms with Crippen LogP contribution in [0.1, 0.15) is 30.4 Å². The third-order valence-corrected chi connectivity index (χ3v) is 4.28. The van der Waals surface area contributed by atoms with Gasteiger partial charge in [0.25, 0.3) is 0 Å². The predicted octanol–water partition coefficient (Wildman–Crippen LogP) is 2.84. The summed E-state index contributed by atoms with van der Waals surface area (Å²) in [4.78, 5) is 0. The number of aryl methyl sites for hydroxylation is 2. The Morgan fingerprint density at radius 2 is 1.95 bits per heavy atom. The van der Waals surface area contributed by atoms with Crippen LogP contribution in [-0.4, -0.2) is 30.4 Å². The summed E-state index contributed by atoms with van der Waals surface area (Å²) in [5, 5.41) is 14.6. The van der Waals surface area contributed by atoms with Gasteiger partial charge >= 0.3 is 0 Å². The average molecular weight is 284 g/mol. The highest BCUT2D eigenvalue weighted by molar-refractivity contribution is 6.32. The first-order valence-electron chi connectivity index (χ1n) is 6.83. The van der Waals surface area contributed by atoms with E-state index in [0.29, 0.717) is 6.61 Å². The smallest absolute Gasteiger partial charge is 0.120 e. The van der Waals surface area contributed by atoms with Gasteiger partial charge < -0.3 is 15.2 Å². The number of hydrogen-bond donors (Lipinski definition) is 2. The Bertz CT molecular complexity index is 417. The van der Waals surface area contributed by atoms with Crippen molar-refractivity contribution in [2.24, 2.45) is 0 Å². The number of nitrogens with one attached hydrogen (secondary N) is 1. The van der Waals surface area contributed by atoms with Crippen LogP contribution in [0.3, 0.4) is 0 Å². The number of hydrogen-bond acceptors (Lipinski definition) is 3. The monoisotopic (exact) mass is 283 g/mol. The molecule has 1 aliphatic rings. The van der Waals surface area contributed by atoms with E-state index in [4.69, 9.17) is 16.3 Å². The molecule has 1 aromatic carbocycles. The van der Waals surface area contributed by atoms with Gasteiger partial charge in [-0.3, -0.25) is 0 Å². The molecule has 4 heteroatoms. The van der Waals surface area contributed by atoms with Crippen LogP contribution < -0.4 is 10.1 Å². The highest BCUT2D eigenvalue weighted by atomic mass is 35.5. The van der Waals surface area contributed by atoms with E-state index in [9.17, 15) is 5.11 Å². The zero-order valence-electron chi connectivity index (χ0n) is 11.6. The summed E-state index contributed by atoms with van der Waals surface area (Å²) in [6.07, 6.45) is 2.50. The zero-order valence-corrected chi connectivity index (χ0v) is 12.4. The minimum absolute atomic E-state index is 0.342. The van der Waals surface area contributed by atoms with Crippen LogP contribution in [0.5, 0.6) is 5.75 Å². The molecule has 0 amide bonds. The normalized spacial score (nSPS) is 24.0. The van der Waals surface area contributed by atoms with Crippen molar-refractivity contribution in [3.8, 4) is 5.75 Å². The van der Waals surface area contributed by atoms with Crippen molar-refractivity contribution in [1.29, 1.82) is 0 Å². The molecule has 1 fully saturated rings. The van der Waals surface area contributed by atoms with E-state index in [2.05, 4.69) is 5.32 Å². The number of rotatable bonds is 3. The van der Waals surface area contributed by atoms with Crippen LogP contribution in [0.25, 0.3) is 0 Å². The molecule has 1 heterocycles. The van der Waals surface area contributed by atoms with Crippen molar-refractivity contribution in [3.63, 3.8) is 0 Å². The van der Waals surface area contributed by atoms with Gasteiger partial charge in [-0.05, 0) is 69.5 Å². The van der Waals surface area contributed by atoms with Crippen LogP contribution >= 0.6 is 11.6 Å². The van der Waals surface area contributed by atoms with Gasteiger partial charge in [0, 0.05) is 5.02 Å². The van der Waals surface area contributed by atoms with Crippen molar-refractivity contribution in [2.45, 2.75) is 38.7 Å². The molecule has 19 heavy (non-hydrogen) atoms. The maximum Gasteiger partial charge on any atom is 0.120 e. The first kappa shape index (κ1) is 14.6. The van der Waals surface area contributed by atoms with Gasteiger partial charge in [-0.25, -0.2) is 0 Å². The summed E-state index contributed by atoms with van der Waals surface area (Å²) in [7, 11) is 0. The lowest BCUT2D eigenvalue weighted by Crippen LogP contribution is -2.36. The Labute approximate surface area is 119 Å². The molecule has 0 radical (unpaired) electrons.